The monoisotopic (exact) mass is 195 g/mol. The van der Waals surface area contributed by atoms with E-state index in [1.165, 1.54) is 0 Å². The number of nitrogens with one attached hydrogen (secondary N) is 1. The highest BCUT2D eigenvalue weighted by molar-refractivity contribution is 5.92. The van der Waals surface area contributed by atoms with Gasteiger partial charge in [0.2, 0.25) is 0 Å². The molecule has 1 atom stereocenters. The second kappa shape index (κ2) is 4.57. The predicted octanol–water partition coefficient (Wildman–Crippen LogP) is -0.226. The zero-order chi connectivity index (χ0) is 10.6. The Hall–Kier alpha value is -1.62. The second-order valence-electron chi connectivity index (χ2n) is 3.00. The Morgan fingerprint density at radius 3 is 3.00 bits per heavy atom. The van der Waals surface area contributed by atoms with Gasteiger partial charge in [-0.25, -0.2) is 4.98 Å². The Balaban J connectivity index is 2.70. The van der Waals surface area contributed by atoms with Crippen molar-refractivity contribution in [2.24, 2.45) is 0 Å². The highest BCUT2D eigenvalue weighted by Gasteiger charge is 2.09. The fourth-order valence-electron chi connectivity index (χ4n) is 0.921. The van der Waals surface area contributed by atoms with Crippen molar-refractivity contribution < 1.29 is 9.90 Å². The number of nitrogens with two attached hydrogens (primary N) is 1. The molecular formula is C9H13N3O2. The van der Waals surface area contributed by atoms with E-state index < -0.39 is 0 Å². The third-order valence-electron chi connectivity index (χ3n) is 1.65. The lowest BCUT2D eigenvalue weighted by Gasteiger charge is -2.09. The van der Waals surface area contributed by atoms with Crippen molar-refractivity contribution >= 4 is 11.7 Å². The maximum atomic E-state index is 11.4. The smallest absolute Gasteiger partial charge is 0.270 e. The van der Waals surface area contributed by atoms with E-state index in [4.69, 9.17) is 10.8 Å². The highest BCUT2D eigenvalue weighted by atomic mass is 16.3. The lowest BCUT2D eigenvalue weighted by Crippen LogP contribution is -2.35. The number of carbonyl (C=O) groups excluding carboxylic acids is 1. The van der Waals surface area contributed by atoms with Gasteiger partial charge in [-0.15, -0.1) is 0 Å². The number of hydrogen-bond acceptors (Lipinski definition) is 4. The van der Waals surface area contributed by atoms with Gasteiger partial charge in [-0.1, -0.05) is 6.07 Å². The summed E-state index contributed by atoms with van der Waals surface area (Å²) in [5.41, 5.74) is 5.67. The first kappa shape index (κ1) is 10.5. The number of hydrogen-bond donors (Lipinski definition) is 3. The number of rotatable bonds is 3. The Morgan fingerprint density at radius 1 is 1.71 bits per heavy atom. The molecule has 0 aromatic carbocycles. The average molecular weight is 195 g/mol. The summed E-state index contributed by atoms with van der Waals surface area (Å²) in [4.78, 5) is 15.3. The van der Waals surface area contributed by atoms with Crippen LogP contribution in [0.1, 0.15) is 17.4 Å². The lowest BCUT2D eigenvalue weighted by molar-refractivity contribution is 0.0917. The number of aliphatic hydroxyl groups excluding tert-OH is 1. The van der Waals surface area contributed by atoms with Gasteiger partial charge in [-0.2, -0.15) is 0 Å². The summed E-state index contributed by atoms with van der Waals surface area (Å²) in [7, 11) is 0. The molecule has 4 N–H and O–H groups in total. The van der Waals surface area contributed by atoms with Crippen LogP contribution in [0.3, 0.4) is 0 Å². The molecule has 1 amide bonds. The van der Waals surface area contributed by atoms with Crippen LogP contribution in [0.5, 0.6) is 0 Å². The largest absolute Gasteiger partial charge is 0.394 e. The van der Waals surface area contributed by atoms with Crippen LogP contribution in [-0.2, 0) is 0 Å². The van der Waals surface area contributed by atoms with Crippen molar-refractivity contribution in [3.63, 3.8) is 0 Å². The summed E-state index contributed by atoms with van der Waals surface area (Å²) < 4.78 is 0. The summed E-state index contributed by atoms with van der Waals surface area (Å²) in [5.74, 6) is -0.0341. The normalized spacial score (nSPS) is 12.1. The first-order valence-corrected chi connectivity index (χ1v) is 4.27. The third-order valence-corrected chi connectivity index (χ3v) is 1.65. The van der Waals surface area contributed by atoms with Gasteiger partial charge in [0.1, 0.15) is 11.5 Å². The van der Waals surface area contributed by atoms with E-state index in [1.54, 1.807) is 25.1 Å². The van der Waals surface area contributed by atoms with Gasteiger partial charge in [0.25, 0.3) is 5.91 Å². The van der Waals surface area contributed by atoms with E-state index in [2.05, 4.69) is 10.3 Å². The molecule has 1 aromatic rings. The van der Waals surface area contributed by atoms with Gasteiger partial charge < -0.3 is 16.2 Å². The standard InChI is InChI=1S/C9H13N3O2/c1-6(5-13)11-9(14)7-3-2-4-8(10)12-7/h2-4,6,13H,5H2,1H3,(H2,10,12)(H,11,14)/t6-/m1/s1. The number of carbonyl (C=O) groups is 1. The molecule has 0 fully saturated rings. The number of aliphatic hydroxyl groups is 1. The van der Waals surface area contributed by atoms with Crippen LogP contribution in [0, 0.1) is 0 Å². The van der Waals surface area contributed by atoms with E-state index in [9.17, 15) is 4.79 Å². The number of nitrogens with zero attached hydrogens (tertiary/aromatic N) is 1. The van der Waals surface area contributed by atoms with Crippen molar-refractivity contribution in [2.75, 3.05) is 12.3 Å². The topological polar surface area (TPSA) is 88.2 Å². The molecule has 0 bridgehead atoms. The van der Waals surface area contributed by atoms with Crippen LogP contribution in [0.2, 0.25) is 0 Å². The van der Waals surface area contributed by atoms with Crippen LogP contribution in [0.15, 0.2) is 18.2 Å². The third kappa shape index (κ3) is 2.70. The molecule has 0 unspecified atom stereocenters. The summed E-state index contributed by atoms with van der Waals surface area (Å²) in [6, 6.07) is 4.54. The van der Waals surface area contributed by atoms with Gasteiger partial charge in [0.05, 0.1) is 6.61 Å². The van der Waals surface area contributed by atoms with E-state index >= 15 is 0 Å². The number of amides is 1. The molecule has 0 radical (unpaired) electrons. The van der Waals surface area contributed by atoms with Gasteiger partial charge in [-0.3, -0.25) is 4.79 Å². The molecule has 0 spiro atoms. The van der Waals surface area contributed by atoms with Crippen LogP contribution >= 0.6 is 0 Å². The highest BCUT2D eigenvalue weighted by Crippen LogP contribution is 2.00. The lowest BCUT2D eigenvalue weighted by atomic mass is 10.3. The zero-order valence-corrected chi connectivity index (χ0v) is 7.90. The molecule has 1 aromatic heterocycles. The van der Waals surface area contributed by atoms with Gasteiger partial charge in [0, 0.05) is 6.04 Å². The fourth-order valence-corrected chi connectivity index (χ4v) is 0.921. The minimum absolute atomic E-state index is 0.103. The Kier molecular flexibility index (Phi) is 3.41. The van der Waals surface area contributed by atoms with Crippen LogP contribution in [-0.4, -0.2) is 28.6 Å². The molecule has 14 heavy (non-hydrogen) atoms. The first-order chi connectivity index (χ1) is 6.63. The van der Waals surface area contributed by atoms with Crippen molar-refractivity contribution in [3.05, 3.63) is 23.9 Å². The summed E-state index contributed by atoms with van der Waals surface area (Å²) in [5, 5.41) is 11.3. The van der Waals surface area contributed by atoms with Crippen LogP contribution in [0.4, 0.5) is 5.82 Å². The van der Waals surface area contributed by atoms with Crippen molar-refractivity contribution in [2.45, 2.75) is 13.0 Å². The van der Waals surface area contributed by atoms with E-state index in [0.29, 0.717) is 5.82 Å². The maximum Gasteiger partial charge on any atom is 0.270 e. The van der Waals surface area contributed by atoms with Crippen molar-refractivity contribution in [3.8, 4) is 0 Å². The molecule has 0 saturated carbocycles. The molecule has 0 aliphatic rings. The van der Waals surface area contributed by atoms with E-state index in [0.717, 1.165) is 0 Å². The zero-order valence-electron chi connectivity index (χ0n) is 7.90. The van der Waals surface area contributed by atoms with Gasteiger partial charge >= 0.3 is 0 Å². The molecule has 5 nitrogen and oxygen atoms in total. The molecule has 0 aliphatic carbocycles. The molecule has 5 heteroatoms. The Morgan fingerprint density at radius 2 is 2.43 bits per heavy atom. The first-order valence-electron chi connectivity index (χ1n) is 4.27. The maximum absolute atomic E-state index is 11.4. The van der Waals surface area contributed by atoms with Crippen LogP contribution in [0.25, 0.3) is 0 Å². The number of anilines is 1. The Bertz CT molecular complexity index is 328. The molecule has 0 aliphatic heterocycles. The average Bonchev–Trinajstić information content (AvgIpc) is 2.17. The number of nitrogen functional groups attached to an aromatic ring is 1. The molecule has 1 heterocycles. The van der Waals surface area contributed by atoms with Gasteiger partial charge in [-0.05, 0) is 19.1 Å². The van der Waals surface area contributed by atoms with E-state index in [-0.39, 0.29) is 24.2 Å². The number of aromatic nitrogens is 1. The molecular weight excluding hydrogens is 182 g/mol. The molecule has 0 saturated heterocycles. The number of pyridine rings is 1. The van der Waals surface area contributed by atoms with Gasteiger partial charge in [0.15, 0.2) is 0 Å². The quantitative estimate of drug-likeness (QED) is 0.622. The minimum atomic E-state index is -0.334. The Labute approximate surface area is 82.0 Å². The van der Waals surface area contributed by atoms with Crippen molar-refractivity contribution in [1.29, 1.82) is 0 Å². The minimum Gasteiger partial charge on any atom is -0.394 e. The predicted molar refractivity (Wildman–Crippen MR) is 52.7 cm³/mol. The molecule has 1 rings (SSSR count). The summed E-state index contributed by atoms with van der Waals surface area (Å²) >= 11 is 0. The second-order valence-corrected chi connectivity index (χ2v) is 3.00. The van der Waals surface area contributed by atoms with Crippen LogP contribution < -0.4 is 11.1 Å². The van der Waals surface area contributed by atoms with Crippen molar-refractivity contribution in [1.82, 2.24) is 10.3 Å². The fraction of sp³-hybridized carbons (Fsp3) is 0.333. The van der Waals surface area contributed by atoms with E-state index in [1.807, 2.05) is 0 Å². The SMILES string of the molecule is C[C@H](CO)NC(=O)c1cccc(N)n1. The summed E-state index contributed by atoms with van der Waals surface area (Å²) in [6.07, 6.45) is 0. The summed E-state index contributed by atoms with van der Waals surface area (Å²) in [6.45, 7) is 1.60. The molecule has 76 valence electrons.